The molecular formula is C7H13F3N2. The van der Waals surface area contributed by atoms with Crippen LogP contribution in [0.3, 0.4) is 0 Å². The Morgan fingerprint density at radius 3 is 2.08 bits per heavy atom. The number of alkyl halides is 3. The quantitative estimate of drug-likeness (QED) is 0.686. The van der Waals surface area contributed by atoms with Crippen molar-refractivity contribution in [2.45, 2.75) is 19.1 Å². The van der Waals surface area contributed by atoms with Crippen molar-refractivity contribution in [1.29, 1.82) is 0 Å². The highest BCUT2D eigenvalue weighted by atomic mass is 19.4. The minimum absolute atomic E-state index is 0.215. The van der Waals surface area contributed by atoms with Crippen molar-refractivity contribution < 1.29 is 13.2 Å². The topological polar surface area (TPSA) is 24.1 Å². The van der Waals surface area contributed by atoms with E-state index in [4.69, 9.17) is 0 Å². The first-order chi connectivity index (χ1) is 5.43. The molecule has 0 aromatic heterocycles. The summed E-state index contributed by atoms with van der Waals surface area (Å²) in [4.78, 5) is 0. The second-order valence-electron chi connectivity index (χ2n) is 2.44. The molecule has 0 aliphatic heterocycles. The standard InChI is InChI=1S/C7H13F3N2/c1-5(4-11-2)6(12-3)7(8,9)10/h4,6,11-12H,1-3H3/b5-4-. The molecule has 0 aliphatic carbocycles. The Labute approximate surface area is 69.8 Å². The maximum absolute atomic E-state index is 12.2. The van der Waals surface area contributed by atoms with Crippen molar-refractivity contribution >= 4 is 0 Å². The normalized spacial score (nSPS) is 16.0. The van der Waals surface area contributed by atoms with Crippen molar-refractivity contribution in [2.75, 3.05) is 14.1 Å². The van der Waals surface area contributed by atoms with Crippen molar-refractivity contribution in [1.82, 2.24) is 10.6 Å². The molecule has 0 rings (SSSR count). The predicted octanol–water partition coefficient (Wildman–Crippen LogP) is 1.26. The van der Waals surface area contributed by atoms with E-state index in [0.717, 1.165) is 0 Å². The van der Waals surface area contributed by atoms with Crippen LogP contribution in [0.1, 0.15) is 6.92 Å². The molecule has 1 atom stereocenters. The molecule has 2 nitrogen and oxygen atoms in total. The molecule has 0 saturated heterocycles. The zero-order chi connectivity index (χ0) is 9.78. The van der Waals surface area contributed by atoms with Gasteiger partial charge in [0, 0.05) is 7.05 Å². The van der Waals surface area contributed by atoms with Gasteiger partial charge in [-0.05, 0) is 25.7 Å². The molecule has 0 heterocycles. The maximum atomic E-state index is 12.2. The molecule has 0 aromatic carbocycles. The van der Waals surface area contributed by atoms with E-state index in [0.29, 0.717) is 0 Å². The Morgan fingerprint density at radius 1 is 1.33 bits per heavy atom. The second kappa shape index (κ2) is 4.35. The van der Waals surface area contributed by atoms with Gasteiger partial charge in [0.25, 0.3) is 0 Å². The van der Waals surface area contributed by atoms with Gasteiger partial charge in [0.05, 0.1) is 0 Å². The highest BCUT2D eigenvalue weighted by Gasteiger charge is 2.39. The van der Waals surface area contributed by atoms with Gasteiger partial charge >= 0.3 is 6.18 Å². The van der Waals surface area contributed by atoms with E-state index in [1.807, 2.05) is 0 Å². The Hall–Kier alpha value is -0.710. The summed E-state index contributed by atoms with van der Waals surface area (Å²) in [5, 5.41) is 4.75. The fraction of sp³-hybridized carbons (Fsp3) is 0.714. The molecular weight excluding hydrogens is 169 g/mol. The van der Waals surface area contributed by atoms with Crippen LogP contribution in [0.2, 0.25) is 0 Å². The monoisotopic (exact) mass is 182 g/mol. The molecule has 0 amide bonds. The molecule has 72 valence electrons. The van der Waals surface area contributed by atoms with E-state index in [9.17, 15) is 13.2 Å². The Morgan fingerprint density at radius 2 is 1.83 bits per heavy atom. The maximum Gasteiger partial charge on any atom is 0.407 e. The molecule has 2 N–H and O–H groups in total. The molecule has 0 radical (unpaired) electrons. The summed E-state index contributed by atoms with van der Waals surface area (Å²) in [7, 11) is 2.84. The van der Waals surface area contributed by atoms with Gasteiger partial charge in [-0.15, -0.1) is 0 Å². The van der Waals surface area contributed by atoms with Gasteiger partial charge in [-0.25, -0.2) is 0 Å². The third-order valence-electron chi connectivity index (χ3n) is 1.44. The minimum atomic E-state index is -4.23. The first kappa shape index (κ1) is 11.3. The number of rotatable bonds is 3. The third-order valence-corrected chi connectivity index (χ3v) is 1.44. The Balaban J connectivity index is 4.46. The van der Waals surface area contributed by atoms with Gasteiger partial charge in [-0.3, -0.25) is 0 Å². The Kier molecular flexibility index (Phi) is 4.09. The number of hydrogen-bond donors (Lipinski definition) is 2. The van der Waals surface area contributed by atoms with E-state index in [1.165, 1.54) is 20.2 Å². The average molecular weight is 182 g/mol. The Bertz CT molecular complexity index is 163. The minimum Gasteiger partial charge on any atom is -0.394 e. The lowest BCUT2D eigenvalue weighted by Crippen LogP contribution is -2.41. The summed E-state index contributed by atoms with van der Waals surface area (Å²) in [6, 6.07) is -1.56. The summed E-state index contributed by atoms with van der Waals surface area (Å²) in [6.45, 7) is 1.42. The highest BCUT2D eigenvalue weighted by molar-refractivity contribution is 5.09. The van der Waals surface area contributed by atoms with Gasteiger partial charge in [-0.2, -0.15) is 13.2 Å². The van der Waals surface area contributed by atoms with Crippen LogP contribution in [0.25, 0.3) is 0 Å². The van der Waals surface area contributed by atoms with Gasteiger partial charge in [0.2, 0.25) is 0 Å². The number of halogens is 3. The van der Waals surface area contributed by atoms with Crippen LogP contribution in [-0.2, 0) is 0 Å². The van der Waals surface area contributed by atoms with E-state index >= 15 is 0 Å². The summed E-state index contributed by atoms with van der Waals surface area (Å²) >= 11 is 0. The largest absolute Gasteiger partial charge is 0.407 e. The van der Waals surface area contributed by atoms with Crippen molar-refractivity contribution in [3.63, 3.8) is 0 Å². The SMILES string of the molecule is CN/C=C(/C)C(NC)C(F)(F)F. The first-order valence-electron chi connectivity index (χ1n) is 3.51. The third kappa shape index (κ3) is 3.13. The number of hydrogen-bond acceptors (Lipinski definition) is 2. The summed E-state index contributed by atoms with van der Waals surface area (Å²) in [5.74, 6) is 0. The second-order valence-corrected chi connectivity index (χ2v) is 2.44. The molecule has 12 heavy (non-hydrogen) atoms. The van der Waals surface area contributed by atoms with Crippen molar-refractivity contribution in [3.8, 4) is 0 Å². The molecule has 5 heteroatoms. The number of likely N-dealkylation sites (N-methyl/N-ethyl adjacent to an activating group) is 1. The van der Waals surface area contributed by atoms with Gasteiger partial charge in [0.1, 0.15) is 6.04 Å². The van der Waals surface area contributed by atoms with E-state index in [1.54, 1.807) is 7.05 Å². The van der Waals surface area contributed by atoms with Crippen LogP contribution >= 0.6 is 0 Å². The number of nitrogens with one attached hydrogen (secondary N) is 2. The molecule has 0 fully saturated rings. The lowest BCUT2D eigenvalue weighted by molar-refractivity contribution is -0.145. The molecule has 0 spiro atoms. The van der Waals surface area contributed by atoms with E-state index < -0.39 is 12.2 Å². The first-order valence-corrected chi connectivity index (χ1v) is 3.51. The smallest absolute Gasteiger partial charge is 0.394 e. The van der Waals surface area contributed by atoms with Crippen LogP contribution in [0.4, 0.5) is 13.2 Å². The molecule has 0 aromatic rings. The molecule has 1 unspecified atom stereocenters. The van der Waals surface area contributed by atoms with E-state index in [2.05, 4.69) is 10.6 Å². The van der Waals surface area contributed by atoms with Crippen molar-refractivity contribution in [3.05, 3.63) is 11.8 Å². The van der Waals surface area contributed by atoms with Gasteiger partial charge < -0.3 is 10.6 Å². The molecule has 0 aliphatic rings. The van der Waals surface area contributed by atoms with Crippen LogP contribution < -0.4 is 10.6 Å². The van der Waals surface area contributed by atoms with Gasteiger partial charge in [0.15, 0.2) is 0 Å². The highest BCUT2D eigenvalue weighted by Crippen LogP contribution is 2.24. The van der Waals surface area contributed by atoms with Crippen molar-refractivity contribution in [2.24, 2.45) is 0 Å². The summed E-state index contributed by atoms with van der Waals surface area (Å²) < 4.78 is 36.5. The van der Waals surface area contributed by atoms with Crippen LogP contribution in [-0.4, -0.2) is 26.3 Å². The fourth-order valence-corrected chi connectivity index (χ4v) is 0.960. The summed E-state index contributed by atoms with van der Waals surface area (Å²) in [6.07, 6.45) is -2.90. The van der Waals surface area contributed by atoms with Gasteiger partial charge in [-0.1, -0.05) is 0 Å². The van der Waals surface area contributed by atoms with Crippen LogP contribution in [0.15, 0.2) is 11.8 Å². The lowest BCUT2D eigenvalue weighted by Gasteiger charge is -2.20. The van der Waals surface area contributed by atoms with E-state index in [-0.39, 0.29) is 5.57 Å². The molecule has 0 bridgehead atoms. The average Bonchev–Trinajstić information content (AvgIpc) is 1.85. The fourth-order valence-electron chi connectivity index (χ4n) is 0.960. The summed E-state index contributed by atoms with van der Waals surface area (Å²) in [5.41, 5.74) is 0.215. The van der Waals surface area contributed by atoms with Crippen LogP contribution in [0, 0.1) is 0 Å². The van der Waals surface area contributed by atoms with Crippen LogP contribution in [0.5, 0.6) is 0 Å². The zero-order valence-electron chi connectivity index (χ0n) is 7.29. The lowest BCUT2D eigenvalue weighted by atomic mass is 10.1. The zero-order valence-corrected chi connectivity index (χ0v) is 7.29. The molecule has 0 saturated carbocycles. The predicted molar refractivity (Wildman–Crippen MR) is 41.7 cm³/mol.